The molecule has 2 aromatic rings. The average Bonchev–Trinajstić information content (AvgIpc) is 2.87. The van der Waals surface area contributed by atoms with Gasteiger partial charge in [-0.3, -0.25) is 0 Å². The van der Waals surface area contributed by atoms with Crippen molar-refractivity contribution in [2.24, 2.45) is 5.92 Å². The van der Waals surface area contributed by atoms with Crippen molar-refractivity contribution in [3.05, 3.63) is 23.3 Å². The maximum absolute atomic E-state index is 5.99. The van der Waals surface area contributed by atoms with E-state index in [4.69, 9.17) is 5.73 Å². The van der Waals surface area contributed by atoms with Gasteiger partial charge in [-0.25, -0.2) is 4.68 Å². The van der Waals surface area contributed by atoms with E-state index >= 15 is 0 Å². The summed E-state index contributed by atoms with van der Waals surface area (Å²) in [6, 6.07) is 4.50. The smallest absolute Gasteiger partial charge is 0.182 e. The molecule has 1 aliphatic rings. The number of hydrogen-bond donors (Lipinski definition) is 1. The molecule has 0 aliphatic heterocycles. The highest BCUT2D eigenvalue weighted by Crippen LogP contribution is 2.44. The second-order valence-electron chi connectivity index (χ2n) is 5.25. The van der Waals surface area contributed by atoms with Crippen molar-refractivity contribution >= 4 is 5.69 Å². The second kappa shape index (κ2) is 3.80. The zero-order valence-electron chi connectivity index (χ0n) is 10.9. The van der Waals surface area contributed by atoms with E-state index in [1.807, 2.05) is 17.7 Å². The minimum atomic E-state index is 0.442. The lowest BCUT2D eigenvalue weighted by molar-refractivity contribution is 0.584. The Hall–Kier alpha value is -1.91. The first-order valence-electron chi connectivity index (χ1n) is 6.23. The molecule has 1 fully saturated rings. The van der Waals surface area contributed by atoms with E-state index in [0.717, 1.165) is 34.6 Å². The Morgan fingerprint density at radius 1 is 1.28 bits per heavy atom. The van der Waals surface area contributed by atoms with Crippen LogP contribution in [0.3, 0.4) is 0 Å². The van der Waals surface area contributed by atoms with E-state index in [9.17, 15) is 0 Å². The number of nitrogens with two attached hydrogens (primary N) is 1. The summed E-state index contributed by atoms with van der Waals surface area (Å²) in [5.74, 6) is 1.49. The summed E-state index contributed by atoms with van der Waals surface area (Å²) in [4.78, 5) is 0. The largest absolute Gasteiger partial charge is 0.398 e. The average molecular weight is 243 g/mol. The molecule has 1 heterocycles. The number of aryl methyl sites for hydroxylation is 2. The van der Waals surface area contributed by atoms with Crippen LogP contribution < -0.4 is 5.73 Å². The van der Waals surface area contributed by atoms with Crippen LogP contribution in [0.25, 0.3) is 11.4 Å². The van der Waals surface area contributed by atoms with E-state index in [1.54, 1.807) is 0 Å². The predicted octanol–water partition coefficient (Wildman–Crippen LogP) is 2.12. The first-order chi connectivity index (χ1) is 8.58. The Morgan fingerprint density at radius 3 is 2.67 bits per heavy atom. The molecule has 2 unspecified atom stereocenters. The van der Waals surface area contributed by atoms with Crippen molar-refractivity contribution in [2.75, 3.05) is 5.73 Å². The zero-order chi connectivity index (χ0) is 12.9. The van der Waals surface area contributed by atoms with Crippen LogP contribution in [0.2, 0.25) is 0 Å². The number of aromatic nitrogens is 4. The van der Waals surface area contributed by atoms with Gasteiger partial charge < -0.3 is 5.73 Å². The lowest BCUT2D eigenvalue weighted by Crippen LogP contribution is -2.03. The van der Waals surface area contributed by atoms with Gasteiger partial charge in [-0.2, -0.15) is 0 Å². The maximum atomic E-state index is 5.99. The molecule has 0 radical (unpaired) electrons. The van der Waals surface area contributed by atoms with Crippen LogP contribution in [0.5, 0.6) is 0 Å². The minimum absolute atomic E-state index is 0.442. The molecule has 5 nitrogen and oxygen atoms in total. The van der Waals surface area contributed by atoms with Crippen molar-refractivity contribution in [3.63, 3.8) is 0 Å². The molecular formula is C13H17N5. The third-order valence-electron chi connectivity index (χ3n) is 3.73. The van der Waals surface area contributed by atoms with Crippen molar-refractivity contribution < 1.29 is 0 Å². The molecule has 1 aromatic carbocycles. The Morgan fingerprint density at radius 2 is 2.00 bits per heavy atom. The third-order valence-corrected chi connectivity index (χ3v) is 3.73. The Kier molecular flexibility index (Phi) is 2.36. The Bertz CT molecular complexity index is 601. The van der Waals surface area contributed by atoms with Crippen LogP contribution >= 0.6 is 0 Å². The van der Waals surface area contributed by atoms with Gasteiger partial charge in [-0.1, -0.05) is 13.0 Å². The number of tetrazole rings is 1. The van der Waals surface area contributed by atoms with Crippen LogP contribution in [-0.4, -0.2) is 20.2 Å². The summed E-state index contributed by atoms with van der Waals surface area (Å²) in [6.07, 6.45) is 1.15. The monoisotopic (exact) mass is 243 g/mol. The molecule has 3 rings (SSSR count). The van der Waals surface area contributed by atoms with Crippen molar-refractivity contribution in [1.29, 1.82) is 0 Å². The summed E-state index contributed by atoms with van der Waals surface area (Å²) < 4.78 is 1.93. The number of nitrogen functional groups attached to an aromatic ring is 1. The van der Waals surface area contributed by atoms with Crippen LogP contribution in [0.15, 0.2) is 12.1 Å². The lowest BCUT2D eigenvalue weighted by atomic mass is 10.0. The fourth-order valence-corrected chi connectivity index (χ4v) is 2.35. The molecule has 0 amide bonds. The minimum Gasteiger partial charge on any atom is -0.398 e. The molecule has 2 atom stereocenters. The SMILES string of the molecule is Cc1cc(C)c(-c2nnnn2C2CC2C)cc1N. The number of anilines is 1. The first kappa shape index (κ1) is 11.2. The van der Waals surface area contributed by atoms with Gasteiger partial charge in [0, 0.05) is 11.3 Å². The van der Waals surface area contributed by atoms with E-state index in [0.29, 0.717) is 12.0 Å². The van der Waals surface area contributed by atoms with Gasteiger partial charge in [0.05, 0.1) is 6.04 Å². The van der Waals surface area contributed by atoms with E-state index < -0.39 is 0 Å². The normalized spacial score (nSPS) is 22.2. The van der Waals surface area contributed by atoms with Gasteiger partial charge in [0.15, 0.2) is 5.82 Å². The number of hydrogen-bond acceptors (Lipinski definition) is 4. The molecule has 94 valence electrons. The third kappa shape index (κ3) is 1.66. The van der Waals surface area contributed by atoms with E-state index in [1.165, 1.54) is 0 Å². The van der Waals surface area contributed by atoms with Crippen LogP contribution in [0.4, 0.5) is 5.69 Å². The Labute approximate surface area is 106 Å². The summed E-state index contributed by atoms with van der Waals surface area (Å²) in [5, 5.41) is 12.1. The van der Waals surface area contributed by atoms with E-state index in [2.05, 4.69) is 35.4 Å². The highest BCUT2D eigenvalue weighted by atomic mass is 15.6. The van der Waals surface area contributed by atoms with Crippen molar-refractivity contribution in [1.82, 2.24) is 20.2 Å². The molecule has 1 aromatic heterocycles. The highest BCUT2D eigenvalue weighted by Gasteiger charge is 2.37. The summed E-state index contributed by atoms with van der Waals surface area (Å²) >= 11 is 0. The van der Waals surface area contributed by atoms with Crippen molar-refractivity contribution in [3.8, 4) is 11.4 Å². The van der Waals surface area contributed by atoms with Gasteiger partial charge in [0.2, 0.25) is 0 Å². The summed E-state index contributed by atoms with van der Waals surface area (Å²) in [7, 11) is 0. The molecule has 1 aliphatic carbocycles. The second-order valence-corrected chi connectivity index (χ2v) is 5.25. The molecule has 0 bridgehead atoms. The standard InChI is InChI=1S/C13H17N5/c1-7-4-8(2)11(14)6-10(7)13-15-16-17-18(13)12-5-9(12)3/h4,6,9,12H,5,14H2,1-3H3. The fourth-order valence-electron chi connectivity index (χ4n) is 2.35. The lowest BCUT2D eigenvalue weighted by Gasteiger charge is -2.09. The molecule has 0 saturated heterocycles. The van der Waals surface area contributed by atoms with Crippen LogP contribution in [-0.2, 0) is 0 Å². The number of rotatable bonds is 2. The topological polar surface area (TPSA) is 69.6 Å². The van der Waals surface area contributed by atoms with Gasteiger partial charge >= 0.3 is 0 Å². The highest BCUT2D eigenvalue weighted by molar-refractivity contribution is 5.67. The predicted molar refractivity (Wildman–Crippen MR) is 70.0 cm³/mol. The molecule has 2 N–H and O–H groups in total. The van der Waals surface area contributed by atoms with Gasteiger partial charge in [0.1, 0.15) is 0 Å². The van der Waals surface area contributed by atoms with E-state index in [-0.39, 0.29) is 0 Å². The first-order valence-corrected chi connectivity index (χ1v) is 6.23. The van der Waals surface area contributed by atoms with Crippen LogP contribution in [0, 0.1) is 19.8 Å². The summed E-state index contributed by atoms with van der Waals surface area (Å²) in [5.41, 5.74) is 10.1. The number of nitrogens with zero attached hydrogens (tertiary/aromatic N) is 4. The van der Waals surface area contributed by atoms with Crippen molar-refractivity contribution in [2.45, 2.75) is 33.2 Å². The zero-order valence-corrected chi connectivity index (χ0v) is 10.9. The Balaban J connectivity index is 2.10. The fraction of sp³-hybridized carbons (Fsp3) is 0.462. The molecule has 1 saturated carbocycles. The number of benzene rings is 1. The molecule has 18 heavy (non-hydrogen) atoms. The molecular weight excluding hydrogens is 226 g/mol. The van der Waals surface area contributed by atoms with Crippen LogP contribution in [0.1, 0.15) is 30.5 Å². The summed E-state index contributed by atoms with van der Waals surface area (Å²) in [6.45, 7) is 6.29. The quantitative estimate of drug-likeness (QED) is 0.820. The molecule has 5 heteroatoms. The molecule has 0 spiro atoms. The van der Waals surface area contributed by atoms with Gasteiger partial charge in [-0.05, 0) is 53.8 Å². The van der Waals surface area contributed by atoms with Gasteiger partial charge in [-0.15, -0.1) is 5.10 Å². The van der Waals surface area contributed by atoms with Gasteiger partial charge in [0.25, 0.3) is 0 Å². The maximum Gasteiger partial charge on any atom is 0.182 e.